The Kier molecular flexibility index (Phi) is 8.57. The lowest BCUT2D eigenvalue weighted by molar-refractivity contribution is -0.274. The molecule has 1 amide bonds. The van der Waals surface area contributed by atoms with Gasteiger partial charge in [-0.15, -0.1) is 24.5 Å². The number of carboxylic acid groups (broad SMARTS) is 1. The number of carbonyl (C=O) groups is 3. The molecule has 1 aromatic carbocycles. The summed E-state index contributed by atoms with van der Waals surface area (Å²) >= 11 is 1.21. The Hall–Kier alpha value is -3.88. The number of hydrogen-bond acceptors (Lipinski definition) is 6. The number of aliphatic carboxylic acids is 1. The highest BCUT2D eigenvalue weighted by Gasteiger charge is 2.42. The number of allylic oxidation sites excluding steroid dienone is 3. The minimum absolute atomic E-state index is 0.117. The molecule has 7 nitrogen and oxygen atoms in total. The van der Waals surface area contributed by atoms with Crippen LogP contribution in [0, 0.1) is 17.8 Å². The van der Waals surface area contributed by atoms with Gasteiger partial charge < -0.3 is 15.2 Å². The molecule has 1 aliphatic heterocycles. The van der Waals surface area contributed by atoms with Gasteiger partial charge in [0.25, 0.3) is 0 Å². The van der Waals surface area contributed by atoms with Crippen molar-refractivity contribution < 1.29 is 37.4 Å². The molecule has 2 heterocycles. The lowest BCUT2D eigenvalue weighted by atomic mass is 9.96. The highest BCUT2D eigenvalue weighted by atomic mass is 32.1. The van der Waals surface area contributed by atoms with Crippen LogP contribution in [0.1, 0.15) is 40.6 Å². The summed E-state index contributed by atoms with van der Waals surface area (Å²) in [6.07, 6.45) is 3.60. The molecule has 11 heteroatoms. The average Bonchev–Trinajstić information content (AvgIpc) is 3.43. The van der Waals surface area contributed by atoms with E-state index in [-0.39, 0.29) is 16.1 Å². The van der Waals surface area contributed by atoms with E-state index in [1.54, 1.807) is 35.3 Å². The van der Waals surface area contributed by atoms with Crippen LogP contribution in [0.25, 0.3) is 0 Å². The molecule has 1 saturated heterocycles. The van der Waals surface area contributed by atoms with Crippen molar-refractivity contribution in [2.24, 2.45) is 5.92 Å². The van der Waals surface area contributed by atoms with Gasteiger partial charge >= 0.3 is 12.3 Å². The molecule has 1 aromatic heterocycles. The molecule has 0 radical (unpaired) electrons. The number of alkyl halides is 3. The second-order valence-electron chi connectivity index (χ2n) is 8.94. The standard InChI is InChI=1S/C28H25F3N2O5S/c1-2-20-16-21(24(34)18-11-13-19(14-12-18)38-28(29,30)31)26(39-20)32-25(35)23(17-8-5-3-4-6-9-17)33-15-7-10-22(33)27(36)37/h3-5,8,11-14,16-17,22-23H,2,7,10,15H2,1H3,(H,32,35)(H,36,37)/t17?,22-,23?/m1/s1. The van der Waals surface area contributed by atoms with Crippen LogP contribution >= 0.6 is 11.3 Å². The Morgan fingerprint density at radius 1 is 1.23 bits per heavy atom. The fourth-order valence-electron chi connectivity index (χ4n) is 4.60. The molecule has 4 rings (SSSR count). The molecule has 0 saturated carbocycles. The molecule has 0 spiro atoms. The number of halogens is 3. The van der Waals surface area contributed by atoms with Gasteiger partial charge in [-0.25, -0.2) is 0 Å². The number of anilines is 1. The first-order valence-corrected chi connectivity index (χ1v) is 13.1. The first kappa shape index (κ1) is 28.1. The molecule has 3 atom stereocenters. The molecule has 1 fully saturated rings. The number of carbonyl (C=O) groups excluding carboxylic acids is 2. The maximum absolute atomic E-state index is 13.8. The highest BCUT2D eigenvalue weighted by molar-refractivity contribution is 7.16. The van der Waals surface area contributed by atoms with Gasteiger partial charge in [0.2, 0.25) is 5.91 Å². The first-order chi connectivity index (χ1) is 18.6. The number of rotatable bonds is 9. The maximum Gasteiger partial charge on any atom is 0.573 e. The van der Waals surface area contributed by atoms with E-state index in [1.165, 1.54) is 23.5 Å². The van der Waals surface area contributed by atoms with Crippen molar-refractivity contribution in [1.82, 2.24) is 4.90 Å². The van der Waals surface area contributed by atoms with E-state index in [0.29, 0.717) is 25.8 Å². The van der Waals surface area contributed by atoms with Gasteiger partial charge in [-0.1, -0.05) is 37.0 Å². The van der Waals surface area contributed by atoms with Crippen LogP contribution in [0.2, 0.25) is 0 Å². The van der Waals surface area contributed by atoms with Gasteiger partial charge in [-0.3, -0.25) is 19.3 Å². The van der Waals surface area contributed by atoms with Crippen molar-refractivity contribution in [3.05, 3.63) is 70.6 Å². The molecule has 0 bridgehead atoms. The number of thiophene rings is 1. The lowest BCUT2D eigenvalue weighted by Gasteiger charge is -2.32. The number of benzene rings is 1. The van der Waals surface area contributed by atoms with E-state index < -0.39 is 47.8 Å². The predicted molar refractivity (Wildman–Crippen MR) is 140 cm³/mol. The minimum atomic E-state index is -4.86. The van der Waals surface area contributed by atoms with Crippen molar-refractivity contribution in [2.45, 2.75) is 44.6 Å². The second-order valence-corrected chi connectivity index (χ2v) is 10.1. The van der Waals surface area contributed by atoms with Gasteiger partial charge in [0.15, 0.2) is 5.78 Å². The Morgan fingerprint density at radius 3 is 2.64 bits per heavy atom. The van der Waals surface area contributed by atoms with Crippen LogP contribution in [-0.2, 0) is 16.0 Å². The van der Waals surface area contributed by atoms with Crippen LogP contribution in [0.3, 0.4) is 0 Å². The normalized spacial score (nSPS) is 19.6. The van der Waals surface area contributed by atoms with Crippen LogP contribution in [0.15, 0.2) is 54.6 Å². The number of amides is 1. The Balaban J connectivity index is 1.63. The molecule has 2 aromatic rings. The van der Waals surface area contributed by atoms with Crippen LogP contribution < -0.4 is 10.1 Å². The summed E-state index contributed by atoms with van der Waals surface area (Å²) in [6, 6.07) is 4.41. The largest absolute Gasteiger partial charge is 0.573 e. The van der Waals surface area contributed by atoms with E-state index in [4.69, 9.17) is 0 Å². The molecular weight excluding hydrogens is 533 g/mol. The zero-order valence-electron chi connectivity index (χ0n) is 20.8. The average molecular weight is 559 g/mol. The maximum atomic E-state index is 13.8. The summed E-state index contributed by atoms with van der Waals surface area (Å²) in [7, 11) is 0. The number of hydrogen-bond donors (Lipinski definition) is 2. The zero-order chi connectivity index (χ0) is 28.2. The number of likely N-dealkylation sites (tertiary alicyclic amines) is 1. The summed E-state index contributed by atoms with van der Waals surface area (Å²) < 4.78 is 41.4. The molecular formula is C28H25F3N2O5S. The second kappa shape index (κ2) is 11.9. The monoisotopic (exact) mass is 558 g/mol. The summed E-state index contributed by atoms with van der Waals surface area (Å²) in [5, 5.41) is 12.9. The quantitative estimate of drug-likeness (QED) is 0.331. The molecule has 2 N–H and O–H groups in total. The van der Waals surface area contributed by atoms with Gasteiger partial charge in [0.1, 0.15) is 22.8 Å². The van der Waals surface area contributed by atoms with E-state index >= 15 is 0 Å². The van der Waals surface area contributed by atoms with Gasteiger partial charge in [-0.2, -0.15) is 0 Å². The lowest BCUT2D eigenvalue weighted by Crippen LogP contribution is -2.52. The summed E-state index contributed by atoms with van der Waals surface area (Å²) in [5.41, 5.74) is 0.306. The Labute approximate surface area is 227 Å². The molecule has 204 valence electrons. The Morgan fingerprint density at radius 2 is 1.97 bits per heavy atom. The third kappa shape index (κ3) is 6.77. The third-order valence-corrected chi connectivity index (χ3v) is 7.56. The number of carboxylic acids is 1. The molecule has 1 aliphatic carbocycles. The fraction of sp³-hybridized carbons (Fsp3) is 0.321. The predicted octanol–water partition coefficient (Wildman–Crippen LogP) is 5.04. The van der Waals surface area contributed by atoms with Crippen LogP contribution in [0.5, 0.6) is 5.75 Å². The van der Waals surface area contributed by atoms with Crippen molar-refractivity contribution in [2.75, 3.05) is 11.9 Å². The third-order valence-electron chi connectivity index (χ3n) is 6.37. The van der Waals surface area contributed by atoms with Gasteiger partial charge in [-0.05, 0) is 62.2 Å². The summed E-state index contributed by atoms with van der Waals surface area (Å²) in [4.78, 5) is 41.5. The number of aryl methyl sites for hydroxylation is 1. The van der Waals surface area contributed by atoms with Gasteiger partial charge in [0.05, 0.1) is 11.5 Å². The fourth-order valence-corrected chi connectivity index (χ4v) is 5.59. The SMILES string of the molecule is CCc1cc(C(=O)c2ccc(OC(F)(F)F)cc2)c(NC(=O)C(C2C#CC=CC=C2)N2CCC[C@@H]2C(=O)O)s1. The first-order valence-electron chi connectivity index (χ1n) is 12.2. The van der Waals surface area contributed by atoms with Crippen molar-refractivity contribution in [3.8, 4) is 17.6 Å². The number of nitrogens with zero attached hydrogens (tertiary/aromatic N) is 1. The highest BCUT2D eigenvalue weighted by Crippen LogP contribution is 2.33. The van der Waals surface area contributed by atoms with E-state index in [0.717, 1.165) is 17.0 Å². The molecule has 39 heavy (non-hydrogen) atoms. The van der Waals surface area contributed by atoms with Crippen molar-refractivity contribution >= 4 is 34.0 Å². The number of ether oxygens (including phenoxy) is 1. The zero-order valence-corrected chi connectivity index (χ0v) is 21.6. The van der Waals surface area contributed by atoms with Gasteiger partial charge in [0, 0.05) is 10.4 Å². The Bertz CT molecular complexity index is 1370. The van der Waals surface area contributed by atoms with E-state index in [1.807, 2.05) is 6.92 Å². The van der Waals surface area contributed by atoms with E-state index in [2.05, 4.69) is 21.9 Å². The van der Waals surface area contributed by atoms with Crippen LogP contribution in [0.4, 0.5) is 18.2 Å². The molecule has 2 unspecified atom stereocenters. The number of ketones is 1. The summed E-state index contributed by atoms with van der Waals surface area (Å²) in [5.74, 6) is 2.82. The summed E-state index contributed by atoms with van der Waals surface area (Å²) in [6.45, 7) is 2.29. The van der Waals surface area contributed by atoms with Crippen LogP contribution in [-0.4, -0.2) is 52.7 Å². The smallest absolute Gasteiger partial charge is 0.480 e. The number of nitrogens with one attached hydrogen (secondary N) is 1. The van der Waals surface area contributed by atoms with Crippen molar-refractivity contribution in [1.29, 1.82) is 0 Å². The van der Waals surface area contributed by atoms with E-state index in [9.17, 15) is 32.7 Å². The topological polar surface area (TPSA) is 95.9 Å². The minimum Gasteiger partial charge on any atom is -0.480 e. The molecule has 2 aliphatic rings. The van der Waals surface area contributed by atoms with Crippen molar-refractivity contribution in [3.63, 3.8) is 0 Å².